The molecule has 23 heavy (non-hydrogen) atoms. The van der Waals surface area contributed by atoms with E-state index in [4.69, 9.17) is 4.74 Å². The zero-order valence-corrected chi connectivity index (χ0v) is 12.5. The Morgan fingerprint density at radius 1 is 1.17 bits per heavy atom. The van der Waals surface area contributed by atoms with Gasteiger partial charge in [0.15, 0.2) is 0 Å². The number of nitrogens with zero attached hydrogens (tertiary/aromatic N) is 4. The van der Waals surface area contributed by atoms with Gasteiger partial charge in [0.05, 0.1) is 6.61 Å². The molecule has 1 aromatic carbocycles. The first-order valence-electron chi connectivity index (χ1n) is 7.11. The average molecular weight is 309 g/mol. The van der Waals surface area contributed by atoms with Crippen molar-refractivity contribution in [3.8, 4) is 11.6 Å². The van der Waals surface area contributed by atoms with Crippen LogP contribution in [0.2, 0.25) is 0 Å². The van der Waals surface area contributed by atoms with E-state index < -0.39 is 0 Å². The van der Waals surface area contributed by atoms with Crippen molar-refractivity contribution < 1.29 is 9.53 Å². The Hall–Kier alpha value is -3.22. The highest BCUT2D eigenvalue weighted by molar-refractivity contribution is 6.04. The second-order valence-corrected chi connectivity index (χ2v) is 4.68. The zero-order chi connectivity index (χ0) is 16.1. The second kappa shape index (κ2) is 6.69. The van der Waals surface area contributed by atoms with Crippen LogP contribution in [0, 0.1) is 0 Å². The molecule has 0 aliphatic rings. The lowest BCUT2D eigenvalue weighted by Crippen LogP contribution is -2.12. The maximum Gasteiger partial charge on any atom is 0.255 e. The minimum atomic E-state index is -0.217. The van der Waals surface area contributed by atoms with Crippen molar-refractivity contribution in [2.24, 2.45) is 0 Å². The summed E-state index contributed by atoms with van der Waals surface area (Å²) in [7, 11) is 0. The number of anilines is 1. The molecule has 0 atom stereocenters. The predicted molar refractivity (Wildman–Crippen MR) is 84.7 cm³/mol. The standard InChI is InChI=1S/C16H15N5O2/c1-2-23-14-5-3-13(4-6-14)20-16(22)12-7-8-17-15(9-12)21-10-18-19-11-21/h3-11H,2H2,1H3,(H,20,22). The number of rotatable bonds is 5. The number of hydrogen-bond acceptors (Lipinski definition) is 5. The molecule has 0 spiro atoms. The maximum absolute atomic E-state index is 12.3. The van der Waals surface area contributed by atoms with Crippen molar-refractivity contribution in [2.45, 2.75) is 6.92 Å². The summed E-state index contributed by atoms with van der Waals surface area (Å²) in [4.78, 5) is 16.5. The van der Waals surface area contributed by atoms with Gasteiger partial charge in [0.25, 0.3) is 5.91 Å². The van der Waals surface area contributed by atoms with Crippen molar-refractivity contribution in [1.29, 1.82) is 0 Å². The number of carbonyl (C=O) groups excluding carboxylic acids is 1. The Morgan fingerprint density at radius 3 is 2.61 bits per heavy atom. The van der Waals surface area contributed by atoms with Gasteiger partial charge in [-0.2, -0.15) is 0 Å². The summed E-state index contributed by atoms with van der Waals surface area (Å²) in [5.41, 5.74) is 1.19. The monoisotopic (exact) mass is 309 g/mol. The molecule has 2 aromatic heterocycles. The lowest BCUT2D eigenvalue weighted by atomic mass is 10.2. The van der Waals surface area contributed by atoms with E-state index in [0.717, 1.165) is 5.75 Å². The second-order valence-electron chi connectivity index (χ2n) is 4.68. The molecular formula is C16H15N5O2. The topological polar surface area (TPSA) is 81.9 Å². The van der Waals surface area contributed by atoms with Gasteiger partial charge < -0.3 is 10.1 Å². The van der Waals surface area contributed by atoms with E-state index >= 15 is 0 Å². The Balaban J connectivity index is 1.74. The highest BCUT2D eigenvalue weighted by Crippen LogP contribution is 2.16. The number of carbonyl (C=O) groups is 1. The Kier molecular flexibility index (Phi) is 4.28. The lowest BCUT2D eigenvalue weighted by Gasteiger charge is -2.08. The van der Waals surface area contributed by atoms with Gasteiger partial charge in [-0.3, -0.25) is 9.36 Å². The van der Waals surface area contributed by atoms with Gasteiger partial charge in [0, 0.05) is 17.4 Å². The Bertz CT molecular complexity index is 784. The molecule has 0 fully saturated rings. The number of aromatic nitrogens is 4. The number of hydrogen-bond donors (Lipinski definition) is 1. The molecule has 0 saturated carbocycles. The normalized spacial score (nSPS) is 10.3. The van der Waals surface area contributed by atoms with Gasteiger partial charge in [-0.05, 0) is 43.3 Å². The zero-order valence-electron chi connectivity index (χ0n) is 12.5. The first-order valence-corrected chi connectivity index (χ1v) is 7.11. The van der Waals surface area contributed by atoms with E-state index in [1.54, 1.807) is 35.0 Å². The molecule has 7 nitrogen and oxygen atoms in total. The van der Waals surface area contributed by atoms with Gasteiger partial charge in [0.1, 0.15) is 24.2 Å². The van der Waals surface area contributed by atoms with Crippen LogP contribution in [0.1, 0.15) is 17.3 Å². The van der Waals surface area contributed by atoms with E-state index in [1.807, 2.05) is 19.1 Å². The fourth-order valence-electron chi connectivity index (χ4n) is 2.02. The summed E-state index contributed by atoms with van der Waals surface area (Å²) in [6.07, 6.45) is 4.62. The molecule has 0 unspecified atom stereocenters. The molecule has 3 rings (SSSR count). The van der Waals surface area contributed by atoms with E-state index in [9.17, 15) is 4.79 Å². The summed E-state index contributed by atoms with van der Waals surface area (Å²) in [6, 6.07) is 10.5. The number of pyridine rings is 1. The van der Waals surface area contributed by atoms with E-state index in [2.05, 4.69) is 20.5 Å². The van der Waals surface area contributed by atoms with Gasteiger partial charge in [-0.25, -0.2) is 4.98 Å². The summed E-state index contributed by atoms with van der Waals surface area (Å²) < 4.78 is 7.00. The van der Waals surface area contributed by atoms with Crippen LogP contribution >= 0.6 is 0 Å². The predicted octanol–water partition coefficient (Wildman–Crippen LogP) is 2.31. The van der Waals surface area contributed by atoms with Crippen molar-refractivity contribution in [3.05, 3.63) is 60.8 Å². The molecular weight excluding hydrogens is 294 g/mol. The van der Waals surface area contributed by atoms with Gasteiger partial charge >= 0.3 is 0 Å². The van der Waals surface area contributed by atoms with E-state index in [0.29, 0.717) is 23.7 Å². The summed E-state index contributed by atoms with van der Waals surface area (Å²) in [6.45, 7) is 2.53. The van der Waals surface area contributed by atoms with Crippen LogP contribution in [0.3, 0.4) is 0 Å². The molecule has 3 aromatic rings. The van der Waals surface area contributed by atoms with Crippen LogP contribution in [-0.4, -0.2) is 32.3 Å². The highest BCUT2D eigenvalue weighted by Gasteiger charge is 2.08. The largest absolute Gasteiger partial charge is 0.494 e. The number of ether oxygens (including phenoxy) is 1. The first kappa shape index (κ1) is 14.7. The minimum absolute atomic E-state index is 0.217. The summed E-state index contributed by atoms with van der Waals surface area (Å²) in [5.74, 6) is 1.13. The lowest BCUT2D eigenvalue weighted by molar-refractivity contribution is 0.102. The SMILES string of the molecule is CCOc1ccc(NC(=O)c2ccnc(-n3cnnc3)c2)cc1. The van der Waals surface area contributed by atoms with Crippen LogP contribution in [0.5, 0.6) is 5.75 Å². The van der Waals surface area contributed by atoms with E-state index in [1.165, 1.54) is 12.7 Å². The minimum Gasteiger partial charge on any atom is -0.494 e. The van der Waals surface area contributed by atoms with Crippen LogP contribution in [0.25, 0.3) is 5.82 Å². The molecule has 1 N–H and O–H groups in total. The Morgan fingerprint density at radius 2 is 1.91 bits per heavy atom. The Labute approximate surface area is 133 Å². The van der Waals surface area contributed by atoms with Gasteiger partial charge in [-0.1, -0.05) is 0 Å². The number of benzene rings is 1. The third kappa shape index (κ3) is 3.52. The van der Waals surface area contributed by atoms with Crippen molar-refractivity contribution in [3.63, 3.8) is 0 Å². The fourth-order valence-corrected chi connectivity index (χ4v) is 2.02. The van der Waals surface area contributed by atoms with Crippen LogP contribution in [0.15, 0.2) is 55.2 Å². The van der Waals surface area contributed by atoms with Crippen LogP contribution in [-0.2, 0) is 0 Å². The highest BCUT2D eigenvalue weighted by atomic mass is 16.5. The number of amides is 1. The van der Waals surface area contributed by atoms with Gasteiger partial charge in [0.2, 0.25) is 0 Å². The number of nitrogens with one attached hydrogen (secondary N) is 1. The van der Waals surface area contributed by atoms with E-state index in [-0.39, 0.29) is 5.91 Å². The molecule has 0 saturated heterocycles. The molecule has 0 bridgehead atoms. The summed E-state index contributed by atoms with van der Waals surface area (Å²) >= 11 is 0. The van der Waals surface area contributed by atoms with Crippen molar-refractivity contribution in [2.75, 3.05) is 11.9 Å². The summed E-state index contributed by atoms with van der Waals surface area (Å²) in [5, 5.41) is 10.3. The third-order valence-electron chi connectivity index (χ3n) is 3.11. The molecule has 116 valence electrons. The van der Waals surface area contributed by atoms with Crippen LogP contribution < -0.4 is 10.1 Å². The average Bonchev–Trinajstić information content (AvgIpc) is 3.12. The smallest absolute Gasteiger partial charge is 0.255 e. The molecule has 0 aliphatic heterocycles. The first-order chi connectivity index (χ1) is 11.3. The third-order valence-corrected chi connectivity index (χ3v) is 3.11. The van der Waals surface area contributed by atoms with Crippen LogP contribution in [0.4, 0.5) is 5.69 Å². The van der Waals surface area contributed by atoms with Gasteiger partial charge in [-0.15, -0.1) is 10.2 Å². The molecule has 0 aliphatic carbocycles. The molecule has 2 heterocycles. The molecule has 0 radical (unpaired) electrons. The fraction of sp³-hybridized carbons (Fsp3) is 0.125. The maximum atomic E-state index is 12.3. The molecule has 1 amide bonds. The molecule has 7 heteroatoms. The van der Waals surface area contributed by atoms with Crippen molar-refractivity contribution >= 4 is 11.6 Å². The quantitative estimate of drug-likeness (QED) is 0.782. The van der Waals surface area contributed by atoms with Crippen molar-refractivity contribution in [1.82, 2.24) is 19.7 Å².